The molecule has 1 saturated heterocycles. The van der Waals surface area contributed by atoms with Crippen LogP contribution >= 0.6 is 0 Å². The molecule has 0 radical (unpaired) electrons. The van der Waals surface area contributed by atoms with Crippen LogP contribution in [0.2, 0.25) is 0 Å². The van der Waals surface area contributed by atoms with E-state index in [2.05, 4.69) is 29.4 Å². The highest BCUT2D eigenvalue weighted by Crippen LogP contribution is 2.50. The molecule has 4 heterocycles. The zero-order valence-electron chi connectivity index (χ0n) is 35.3. The van der Waals surface area contributed by atoms with Gasteiger partial charge in [-0.2, -0.15) is 0 Å². The molecule has 4 aliphatic heterocycles. The van der Waals surface area contributed by atoms with Gasteiger partial charge in [-0.25, -0.2) is 0 Å². The number of phenols is 1. The van der Waals surface area contributed by atoms with Crippen LogP contribution in [0.3, 0.4) is 0 Å². The molecule has 58 heavy (non-hydrogen) atoms. The number of methoxy groups -OCH3 is 1. The Balaban J connectivity index is 1.48. The van der Waals surface area contributed by atoms with Gasteiger partial charge in [-0.3, -0.25) is 19.4 Å². The Morgan fingerprint density at radius 1 is 0.931 bits per heavy atom. The van der Waals surface area contributed by atoms with Crippen LogP contribution in [0.1, 0.15) is 100 Å². The summed E-state index contributed by atoms with van der Waals surface area (Å²) >= 11 is 0. The van der Waals surface area contributed by atoms with Gasteiger partial charge >= 0.3 is 5.79 Å². The average molecular weight is 805 g/mol. The Kier molecular flexibility index (Phi) is 12.2. The fraction of sp³-hybridized carbons (Fsp3) is 0.591. The van der Waals surface area contributed by atoms with Crippen molar-refractivity contribution >= 4 is 23.2 Å². The summed E-state index contributed by atoms with van der Waals surface area (Å²) in [5.74, 6) is -6.05. The van der Waals surface area contributed by atoms with Crippen LogP contribution in [0.15, 0.2) is 52.5 Å². The Morgan fingerprint density at radius 2 is 1.57 bits per heavy atom. The number of aromatic hydroxyl groups is 1. The Hall–Kier alpha value is -4.34. The predicted molar refractivity (Wildman–Crippen MR) is 217 cm³/mol. The summed E-state index contributed by atoms with van der Waals surface area (Å²) < 4.78 is 18.0. The molecule has 5 bridgehead atoms. The van der Waals surface area contributed by atoms with E-state index in [1.54, 1.807) is 59.8 Å². The molecule has 316 valence electrons. The number of hydrogen-bond donors (Lipinski definition) is 6. The van der Waals surface area contributed by atoms with E-state index in [4.69, 9.17) is 19.2 Å². The van der Waals surface area contributed by atoms with E-state index >= 15 is 0 Å². The smallest absolute Gasteiger partial charge is 0.312 e. The second-order valence-electron chi connectivity index (χ2n) is 17.4. The van der Waals surface area contributed by atoms with E-state index in [-0.39, 0.29) is 50.7 Å². The quantitative estimate of drug-likeness (QED) is 0.257. The second kappa shape index (κ2) is 16.4. The predicted octanol–water partition coefficient (Wildman–Crippen LogP) is 4.04. The van der Waals surface area contributed by atoms with Crippen LogP contribution < -0.4 is 15.4 Å². The molecule has 0 saturated carbocycles. The third kappa shape index (κ3) is 7.65. The van der Waals surface area contributed by atoms with Crippen LogP contribution in [0.5, 0.6) is 11.5 Å². The van der Waals surface area contributed by atoms with Crippen molar-refractivity contribution in [3.63, 3.8) is 0 Å². The minimum absolute atomic E-state index is 0.0308. The molecule has 5 aliphatic rings. The van der Waals surface area contributed by atoms with Gasteiger partial charge < -0.3 is 50.2 Å². The Morgan fingerprint density at radius 3 is 2.21 bits per heavy atom. The van der Waals surface area contributed by atoms with Gasteiger partial charge in [0.25, 0.3) is 11.7 Å². The number of rotatable bonds is 3. The molecule has 1 unspecified atom stereocenters. The normalized spacial score (nSPS) is 35.1. The number of piperidine rings is 1. The lowest BCUT2D eigenvalue weighted by molar-refractivity contribution is -0.116. The zero-order chi connectivity index (χ0) is 42.6. The molecule has 14 heteroatoms. The topological polar surface area (TPSA) is 199 Å². The van der Waals surface area contributed by atoms with E-state index in [0.29, 0.717) is 18.8 Å². The Bertz CT molecular complexity index is 1990. The molecule has 1 fully saturated rings. The largest absolute Gasteiger partial charge is 0.507 e. The van der Waals surface area contributed by atoms with Crippen molar-refractivity contribution in [2.75, 3.05) is 26.7 Å². The number of likely N-dealkylation sites (tertiary alicyclic amines) is 1. The van der Waals surface area contributed by atoms with Crippen LogP contribution in [-0.4, -0.2) is 111 Å². The number of ketones is 2. The number of amides is 1. The molecule has 1 aromatic carbocycles. The van der Waals surface area contributed by atoms with Crippen LogP contribution in [-0.2, 0) is 14.3 Å². The number of aliphatic hydroxyl groups is 3. The average Bonchev–Trinajstić information content (AvgIpc) is 3.69. The summed E-state index contributed by atoms with van der Waals surface area (Å²) in [6, 6.07) is 0. The Labute approximate surface area is 340 Å². The molecule has 1 amide bonds. The lowest BCUT2D eigenvalue weighted by Crippen LogP contribution is -2.50. The van der Waals surface area contributed by atoms with E-state index in [1.165, 1.54) is 26.4 Å². The lowest BCUT2D eigenvalue weighted by atomic mass is 9.78. The van der Waals surface area contributed by atoms with Crippen molar-refractivity contribution in [1.82, 2.24) is 15.5 Å². The second-order valence-corrected chi connectivity index (χ2v) is 17.4. The minimum atomic E-state index is -1.94. The van der Waals surface area contributed by atoms with Crippen LogP contribution in [0, 0.1) is 36.5 Å². The first-order valence-corrected chi connectivity index (χ1v) is 20.4. The van der Waals surface area contributed by atoms with Gasteiger partial charge in [-0.1, -0.05) is 59.8 Å². The molecule has 1 aliphatic carbocycles. The lowest BCUT2D eigenvalue weighted by Gasteiger charge is -2.38. The maximum Gasteiger partial charge on any atom is 0.312 e. The number of ether oxygens (including phenoxy) is 3. The maximum atomic E-state index is 14.7. The first kappa shape index (κ1) is 43.2. The highest BCUT2D eigenvalue weighted by Gasteiger charge is 2.54. The number of allylic oxidation sites excluding steroid dienone is 4. The van der Waals surface area contributed by atoms with E-state index in [0.717, 1.165) is 19.6 Å². The van der Waals surface area contributed by atoms with Crippen molar-refractivity contribution in [3.8, 4) is 11.5 Å². The number of fused-ring (bicyclic) bond motifs is 3. The van der Waals surface area contributed by atoms with Crippen molar-refractivity contribution in [3.05, 3.63) is 69.8 Å². The minimum Gasteiger partial charge on any atom is -0.507 e. The van der Waals surface area contributed by atoms with Gasteiger partial charge in [-0.05, 0) is 25.8 Å². The first-order valence-electron chi connectivity index (χ1n) is 20.4. The summed E-state index contributed by atoms with van der Waals surface area (Å²) in [4.78, 5) is 50.6. The molecule has 6 rings (SSSR count). The summed E-state index contributed by atoms with van der Waals surface area (Å²) in [5.41, 5.74) is -0.0812. The number of hydrogen-bond acceptors (Lipinski definition) is 13. The van der Waals surface area contributed by atoms with Crippen LogP contribution in [0.25, 0.3) is 0 Å². The monoisotopic (exact) mass is 804 g/mol. The highest BCUT2D eigenvalue weighted by molar-refractivity contribution is 6.34. The van der Waals surface area contributed by atoms with Crippen molar-refractivity contribution in [2.24, 2.45) is 34.6 Å². The standard InChI is InChI=1S/C44H60N4O10/c1-21(2)20-48-17-15-44(16-18-48)46-32-29-30-38(52)27(8)40-31(29)41(54)43(9,58-40)57-19-14-28(56-10)24(5)36(50)26(7)37(51)25(6)35(49)22(3)12-11-13-23(4)42(55)45-34(39(30)53)33(32)47-44/h11-14,19,21-22,24-26,28,35-37,47,49-52H,15-18,20H2,1-10H3,(H,45,55)/b12-11+,19-14+,23-13-/t22-,24+,25+,26-,28-,35-,36+,37+,43?/m0/s1. The van der Waals surface area contributed by atoms with Gasteiger partial charge in [0.1, 0.15) is 22.9 Å². The third-order valence-corrected chi connectivity index (χ3v) is 12.7. The number of carbonyl (C=O) groups is 3. The summed E-state index contributed by atoms with van der Waals surface area (Å²) in [5, 5.41) is 52.0. The number of benzene rings is 1. The number of aliphatic hydroxyl groups excluding tert-OH is 3. The van der Waals surface area contributed by atoms with Gasteiger partial charge in [0, 0.05) is 86.9 Å². The number of Topliss-reactive ketones (excluding diaryl/α,β-unsaturated/α-hetero) is 2. The molecule has 14 nitrogen and oxygen atoms in total. The fourth-order valence-corrected chi connectivity index (χ4v) is 8.88. The molecule has 6 N–H and O–H groups in total. The number of nitrogens with zero attached hydrogens (tertiary/aromatic N) is 2. The highest BCUT2D eigenvalue weighted by atomic mass is 16.7. The molecular formula is C44H60N4O10. The number of phenolic OH excluding ortho intramolecular Hbond substituents is 1. The fourth-order valence-electron chi connectivity index (χ4n) is 8.88. The van der Waals surface area contributed by atoms with Gasteiger partial charge in [0.15, 0.2) is 0 Å². The van der Waals surface area contributed by atoms with Crippen molar-refractivity contribution < 1.29 is 49.0 Å². The molecule has 9 atom stereocenters. The summed E-state index contributed by atoms with van der Waals surface area (Å²) in [7, 11) is 1.47. The summed E-state index contributed by atoms with van der Waals surface area (Å²) in [6.07, 6.45) is 5.00. The molecular weight excluding hydrogens is 745 g/mol. The van der Waals surface area contributed by atoms with E-state index in [9.17, 15) is 34.8 Å². The maximum absolute atomic E-state index is 14.7. The van der Waals surface area contributed by atoms with E-state index in [1.807, 2.05) is 0 Å². The molecule has 1 spiro atoms. The van der Waals surface area contributed by atoms with E-state index < -0.39 is 82.8 Å². The number of carbonyl (C=O) groups excluding carboxylic acids is 3. The van der Waals surface area contributed by atoms with Gasteiger partial charge in [0.05, 0.1) is 53.2 Å². The van der Waals surface area contributed by atoms with Crippen molar-refractivity contribution in [1.29, 1.82) is 0 Å². The molecule has 1 aromatic rings. The zero-order valence-corrected chi connectivity index (χ0v) is 35.3. The first-order chi connectivity index (χ1) is 27.3. The van der Waals surface area contributed by atoms with Crippen LogP contribution in [0.4, 0.5) is 0 Å². The third-order valence-electron chi connectivity index (χ3n) is 12.7. The van der Waals surface area contributed by atoms with Gasteiger partial charge in [0.2, 0.25) is 5.78 Å². The SMILES string of the molecule is CO[C@H]1/C=C/OC2(C)Oc3c(C)c(O)c4c(c3C2=O)C2=NC3(CCN(CC(C)C)CC3)NC2=C(NC(=O)/C(C)=C\C=C\[C@H](C)[C@H](O)[C@@H](C)[C@@H](O)[C@@H](C)[C@H](O)[C@@H]1C)C4=O. The number of aliphatic imine (C=N–C) groups is 1. The van der Waals surface area contributed by atoms with Crippen molar-refractivity contribution in [2.45, 2.75) is 111 Å². The number of nitrogens with one attached hydrogen (secondary N) is 2. The van der Waals surface area contributed by atoms with Gasteiger partial charge in [-0.15, -0.1) is 0 Å². The molecule has 0 aromatic heterocycles. The summed E-state index contributed by atoms with van der Waals surface area (Å²) in [6.45, 7) is 18.2.